The minimum absolute atomic E-state index is 0.0209. The molecule has 36 heavy (non-hydrogen) atoms. The lowest BCUT2D eigenvalue weighted by Crippen LogP contribution is -2.26. The second kappa shape index (κ2) is 11.3. The van der Waals surface area contributed by atoms with Crippen LogP contribution in [0.2, 0.25) is 5.02 Å². The molecule has 0 aliphatic rings. The van der Waals surface area contributed by atoms with Gasteiger partial charge in [0.25, 0.3) is 15.9 Å². The Labute approximate surface area is 214 Å². The highest BCUT2D eigenvalue weighted by molar-refractivity contribution is 7.92. The summed E-state index contributed by atoms with van der Waals surface area (Å²) < 4.78 is 42.6. The van der Waals surface area contributed by atoms with Crippen molar-refractivity contribution in [1.29, 1.82) is 0 Å². The van der Waals surface area contributed by atoms with Crippen LogP contribution in [0.5, 0.6) is 11.5 Å². The predicted octanol–water partition coefficient (Wildman–Crippen LogP) is 4.61. The van der Waals surface area contributed by atoms with E-state index in [1.165, 1.54) is 81.9 Å². The second-order valence-electron chi connectivity index (χ2n) is 7.41. The van der Waals surface area contributed by atoms with Crippen molar-refractivity contribution in [3.63, 3.8) is 0 Å². The quantitative estimate of drug-likeness (QED) is 0.400. The molecule has 3 aromatic rings. The highest BCUT2D eigenvalue weighted by Gasteiger charge is 2.23. The predicted molar refractivity (Wildman–Crippen MR) is 137 cm³/mol. The summed E-state index contributed by atoms with van der Waals surface area (Å²) >= 11 is 6.14. The number of rotatable bonds is 9. The van der Waals surface area contributed by atoms with E-state index in [-0.39, 0.29) is 27.8 Å². The Morgan fingerprint density at radius 1 is 0.944 bits per heavy atom. The molecular weight excluding hydrogens is 508 g/mol. The summed E-state index contributed by atoms with van der Waals surface area (Å²) in [7, 11) is 0.387. The molecule has 0 fully saturated rings. The molecule has 0 aromatic heterocycles. The van der Waals surface area contributed by atoms with Crippen molar-refractivity contribution in [3.05, 3.63) is 76.8 Å². The van der Waals surface area contributed by atoms with E-state index in [9.17, 15) is 18.0 Å². The lowest BCUT2D eigenvalue weighted by atomic mass is 10.1. The van der Waals surface area contributed by atoms with Crippen LogP contribution < -0.4 is 19.1 Å². The average Bonchev–Trinajstić information content (AvgIpc) is 2.87. The Balaban J connectivity index is 1.76. The Hall–Kier alpha value is -3.76. The Morgan fingerprint density at radius 2 is 1.61 bits per heavy atom. The summed E-state index contributed by atoms with van der Waals surface area (Å²) in [5, 5.41) is 2.83. The molecule has 190 valence electrons. The van der Waals surface area contributed by atoms with Crippen LogP contribution in [0.4, 0.5) is 11.4 Å². The lowest BCUT2D eigenvalue weighted by Gasteiger charge is -2.20. The topological polar surface area (TPSA) is 111 Å². The van der Waals surface area contributed by atoms with E-state index < -0.39 is 21.9 Å². The third-order valence-electron chi connectivity index (χ3n) is 5.23. The van der Waals surface area contributed by atoms with Gasteiger partial charge >= 0.3 is 5.97 Å². The molecule has 1 amide bonds. The minimum atomic E-state index is -3.91. The number of methoxy groups -OCH3 is 2. The summed E-state index contributed by atoms with van der Waals surface area (Å²) in [6, 6.07) is 14.8. The maximum atomic E-state index is 13.1. The number of hydrogen-bond acceptors (Lipinski definition) is 7. The van der Waals surface area contributed by atoms with E-state index in [2.05, 4.69) is 5.32 Å². The first-order valence-corrected chi connectivity index (χ1v) is 12.5. The van der Waals surface area contributed by atoms with Crippen LogP contribution in [0.25, 0.3) is 0 Å². The van der Waals surface area contributed by atoms with Gasteiger partial charge in [0.15, 0.2) is 11.5 Å². The number of halogens is 1. The van der Waals surface area contributed by atoms with Gasteiger partial charge in [-0.25, -0.2) is 13.2 Å². The summed E-state index contributed by atoms with van der Waals surface area (Å²) in [6.07, 6.45) is 0. The molecule has 3 aromatic carbocycles. The minimum Gasteiger partial charge on any atom is -0.493 e. The molecule has 11 heteroatoms. The van der Waals surface area contributed by atoms with Crippen LogP contribution in [0.3, 0.4) is 0 Å². The molecule has 9 nitrogen and oxygen atoms in total. The van der Waals surface area contributed by atoms with Gasteiger partial charge in [-0.2, -0.15) is 0 Å². The van der Waals surface area contributed by atoms with E-state index in [1.807, 2.05) is 0 Å². The standard InChI is InChI=1S/C25H25ClN2O7S/c1-5-35-25(30)20-12-8-17(14-21(20)26)27-24(29)16-6-9-18(10-7-16)28(2)36(31,32)19-11-13-22(33-3)23(15-19)34-4/h6-15H,5H2,1-4H3,(H,27,29). The fourth-order valence-corrected chi connectivity index (χ4v) is 4.74. The van der Waals surface area contributed by atoms with E-state index in [1.54, 1.807) is 6.92 Å². The van der Waals surface area contributed by atoms with E-state index in [4.69, 9.17) is 25.8 Å². The Morgan fingerprint density at radius 3 is 2.19 bits per heavy atom. The van der Waals surface area contributed by atoms with Crippen LogP contribution in [0, 0.1) is 0 Å². The van der Waals surface area contributed by atoms with E-state index >= 15 is 0 Å². The Kier molecular flexibility index (Phi) is 8.44. The molecule has 0 bridgehead atoms. The normalized spacial score (nSPS) is 10.9. The third kappa shape index (κ3) is 5.72. The molecule has 0 spiro atoms. The number of hydrogen-bond donors (Lipinski definition) is 1. The molecule has 3 rings (SSSR count). The van der Waals surface area contributed by atoms with Gasteiger partial charge in [0.2, 0.25) is 0 Å². The molecule has 0 saturated carbocycles. The number of sulfonamides is 1. The van der Waals surface area contributed by atoms with Gasteiger partial charge in [-0.15, -0.1) is 0 Å². The first-order chi connectivity index (χ1) is 17.1. The van der Waals surface area contributed by atoms with Gasteiger partial charge in [-0.3, -0.25) is 9.10 Å². The molecule has 0 unspecified atom stereocenters. The van der Waals surface area contributed by atoms with Crippen LogP contribution in [0.15, 0.2) is 65.6 Å². The first-order valence-electron chi connectivity index (χ1n) is 10.7. The van der Waals surface area contributed by atoms with E-state index in [0.717, 1.165) is 4.31 Å². The molecule has 0 aliphatic heterocycles. The number of benzene rings is 3. The number of esters is 1. The second-order valence-corrected chi connectivity index (χ2v) is 9.78. The average molecular weight is 533 g/mol. The molecule has 0 radical (unpaired) electrons. The van der Waals surface area contributed by atoms with Gasteiger partial charge < -0.3 is 19.5 Å². The molecule has 0 heterocycles. The van der Waals surface area contributed by atoms with Gasteiger partial charge in [0, 0.05) is 24.4 Å². The van der Waals surface area contributed by atoms with Crippen molar-refractivity contribution in [3.8, 4) is 11.5 Å². The lowest BCUT2D eigenvalue weighted by molar-refractivity contribution is 0.0526. The number of anilines is 2. The molecule has 1 N–H and O–H groups in total. The molecule has 0 saturated heterocycles. The van der Waals surface area contributed by atoms with Gasteiger partial charge in [0.05, 0.1) is 42.0 Å². The van der Waals surface area contributed by atoms with Gasteiger partial charge in [0.1, 0.15) is 0 Å². The van der Waals surface area contributed by atoms with Crippen LogP contribution in [0.1, 0.15) is 27.6 Å². The maximum absolute atomic E-state index is 13.1. The van der Waals surface area contributed by atoms with Crippen molar-refractivity contribution in [2.75, 3.05) is 37.5 Å². The zero-order valence-electron chi connectivity index (χ0n) is 20.1. The van der Waals surface area contributed by atoms with E-state index in [0.29, 0.717) is 22.7 Å². The molecular formula is C25H25ClN2O7S. The number of carbonyl (C=O) groups excluding carboxylic acids is 2. The van der Waals surface area contributed by atoms with Crippen LogP contribution in [-0.2, 0) is 14.8 Å². The van der Waals surface area contributed by atoms with Crippen molar-refractivity contribution < 1.29 is 32.2 Å². The number of nitrogens with one attached hydrogen (secondary N) is 1. The largest absolute Gasteiger partial charge is 0.493 e. The number of ether oxygens (including phenoxy) is 3. The third-order valence-corrected chi connectivity index (χ3v) is 7.32. The van der Waals surface area contributed by atoms with Crippen molar-refractivity contribution >= 4 is 44.9 Å². The fourth-order valence-electron chi connectivity index (χ4n) is 3.27. The zero-order chi connectivity index (χ0) is 26.5. The highest BCUT2D eigenvalue weighted by Crippen LogP contribution is 2.31. The maximum Gasteiger partial charge on any atom is 0.339 e. The highest BCUT2D eigenvalue weighted by atomic mass is 35.5. The summed E-state index contributed by atoms with van der Waals surface area (Å²) in [4.78, 5) is 24.6. The van der Waals surface area contributed by atoms with Crippen molar-refractivity contribution in [1.82, 2.24) is 0 Å². The van der Waals surface area contributed by atoms with Crippen LogP contribution in [-0.4, -0.2) is 48.2 Å². The zero-order valence-corrected chi connectivity index (χ0v) is 21.6. The number of carbonyl (C=O) groups is 2. The summed E-state index contributed by atoms with van der Waals surface area (Å²) in [6.45, 7) is 1.91. The molecule has 0 atom stereocenters. The van der Waals surface area contributed by atoms with Gasteiger partial charge in [-0.1, -0.05) is 11.6 Å². The first kappa shape index (κ1) is 26.8. The number of nitrogens with zero attached hydrogens (tertiary/aromatic N) is 1. The van der Waals surface area contributed by atoms with Crippen molar-refractivity contribution in [2.45, 2.75) is 11.8 Å². The summed E-state index contributed by atoms with van der Waals surface area (Å²) in [5.74, 6) is -0.296. The fraction of sp³-hybridized carbons (Fsp3) is 0.200. The van der Waals surface area contributed by atoms with Gasteiger partial charge in [-0.05, 0) is 61.5 Å². The smallest absolute Gasteiger partial charge is 0.339 e. The Bertz CT molecular complexity index is 1380. The summed E-state index contributed by atoms with van der Waals surface area (Å²) in [5.41, 5.74) is 1.22. The van der Waals surface area contributed by atoms with Crippen LogP contribution >= 0.6 is 11.6 Å². The SMILES string of the molecule is CCOC(=O)c1ccc(NC(=O)c2ccc(N(C)S(=O)(=O)c3ccc(OC)c(OC)c3)cc2)cc1Cl. The number of amides is 1. The van der Waals surface area contributed by atoms with Crippen molar-refractivity contribution in [2.24, 2.45) is 0 Å². The monoisotopic (exact) mass is 532 g/mol. The molecule has 0 aliphatic carbocycles.